The highest BCUT2D eigenvalue weighted by atomic mass is 32.2. The molecule has 29 heavy (non-hydrogen) atoms. The molecule has 154 valence electrons. The van der Waals surface area contributed by atoms with Crippen LogP contribution in [0.25, 0.3) is 0 Å². The van der Waals surface area contributed by atoms with Crippen LogP contribution in [0.2, 0.25) is 0 Å². The Balaban J connectivity index is 1.75. The highest BCUT2D eigenvalue weighted by Gasteiger charge is 2.29. The number of thioether (sulfide) groups is 1. The lowest BCUT2D eigenvalue weighted by molar-refractivity contribution is -0.119. The molecule has 0 aliphatic carbocycles. The monoisotopic (exact) mass is 416 g/mol. The van der Waals surface area contributed by atoms with E-state index in [-0.39, 0.29) is 36.5 Å². The zero-order chi connectivity index (χ0) is 21.0. The van der Waals surface area contributed by atoms with Crippen molar-refractivity contribution in [1.29, 1.82) is 0 Å². The van der Waals surface area contributed by atoms with E-state index in [0.717, 1.165) is 0 Å². The third-order valence-corrected chi connectivity index (χ3v) is 5.61. The number of primary amides is 1. The van der Waals surface area contributed by atoms with Crippen LogP contribution in [0.15, 0.2) is 29.4 Å². The Morgan fingerprint density at radius 1 is 1.31 bits per heavy atom. The number of hydrogen-bond donors (Lipinski definition) is 2. The zero-order valence-corrected chi connectivity index (χ0v) is 17.2. The fraction of sp³-hybridized carbons (Fsp3) is 0.421. The van der Waals surface area contributed by atoms with Gasteiger partial charge in [0.2, 0.25) is 17.7 Å². The number of benzene rings is 1. The van der Waals surface area contributed by atoms with E-state index >= 15 is 0 Å². The Morgan fingerprint density at radius 2 is 2.07 bits per heavy atom. The summed E-state index contributed by atoms with van der Waals surface area (Å²) in [7, 11) is 0. The minimum absolute atomic E-state index is 0.113. The maximum atomic E-state index is 13.1. The van der Waals surface area contributed by atoms with Crippen molar-refractivity contribution < 1.29 is 14.4 Å². The Labute approximate surface area is 173 Å². The number of rotatable bonds is 7. The lowest BCUT2D eigenvalue weighted by Gasteiger charge is -2.27. The van der Waals surface area contributed by atoms with Crippen LogP contribution in [0.4, 0.5) is 11.4 Å². The maximum Gasteiger partial charge on any atom is 0.237 e. The second-order valence-corrected chi connectivity index (χ2v) is 7.72. The number of nitrogens with zero attached hydrogens (tertiary/aromatic N) is 4. The number of aromatic nitrogens is 3. The van der Waals surface area contributed by atoms with Crippen molar-refractivity contribution in [3.8, 4) is 0 Å². The molecule has 1 aliphatic rings. The minimum atomic E-state index is -0.392. The van der Waals surface area contributed by atoms with E-state index in [9.17, 15) is 14.4 Å². The van der Waals surface area contributed by atoms with Crippen LogP contribution in [-0.2, 0) is 27.3 Å². The molecule has 0 fully saturated rings. The molecule has 1 aromatic carbocycles. The van der Waals surface area contributed by atoms with Crippen molar-refractivity contribution in [1.82, 2.24) is 14.8 Å². The Bertz CT molecular complexity index is 928. The van der Waals surface area contributed by atoms with E-state index in [1.54, 1.807) is 11.0 Å². The summed E-state index contributed by atoms with van der Waals surface area (Å²) in [6.45, 7) is 4.44. The number of aryl methyl sites for hydroxylation is 1. The summed E-state index contributed by atoms with van der Waals surface area (Å²) in [5.74, 6) is 0.205. The molecule has 2 aromatic rings. The van der Waals surface area contributed by atoms with Crippen molar-refractivity contribution in [3.05, 3.63) is 30.1 Å². The lowest BCUT2D eigenvalue weighted by Crippen LogP contribution is -2.40. The van der Waals surface area contributed by atoms with Crippen molar-refractivity contribution >= 4 is 40.9 Å². The van der Waals surface area contributed by atoms with E-state index in [2.05, 4.69) is 15.5 Å². The van der Waals surface area contributed by atoms with Crippen LogP contribution in [-0.4, -0.2) is 44.3 Å². The third kappa shape index (κ3) is 4.76. The minimum Gasteiger partial charge on any atom is -0.370 e. The molecule has 0 bridgehead atoms. The van der Waals surface area contributed by atoms with Gasteiger partial charge < -0.3 is 20.5 Å². The average Bonchev–Trinajstić information content (AvgIpc) is 3.01. The molecule has 3 N–H and O–H groups in total. The van der Waals surface area contributed by atoms with Crippen molar-refractivity contribution in [2.45, 2.75) is 50.9 Å². The molecule has 0 saturated carbocycles. The fourth-order valence-corrected chi connectivity index (χ4v) is 4.21. The molecule has 9 nitrogen and oxygen atoms in total. The van der Waals surface area contributed by atoms with E-state index in [1.165, 1.54) is 11.8 Å². The first kappa shape index (κ1) is 20.8. The third-order valence-electron chi connectivity index (χ3n) is 4.66. The van der Waals surface area contributed by atoms with Gasteiger partial charge in [-0.3, -0.25) is 14.4 Å². The summed E-state index contributed by atoms with van der Waals surface area (Å²) in [5, 5.41) is 11.8. The van der Waals surface area contributed by atoms with Gasteiger partial charge in [0.05, 0.1) is 17.1 Å². The molecule has 0 saturated heterocycles. The van der Waals surface area contributed by atoms with Gasteiger partial charge in [-0.25, -0.2) is 0 Å². The van der Waals surface area contributed by atoms with Crippen LogP contribution >= 0.6 is 11.8 Å². The van der Waals surface area contributed by atoms with Gasteiger partial charge in [0.1, 0.15) is 5.82 Å². The normalized spacial score (nSPS) is 16.1. The predicted octanol–water partition coefficient (Wildman–Crippen LogP) is 1.57. The van der Waals surface area contributed by atoms with Gasteiger partial charge in [-0.15, -0.1) is 10.2 Å². The highest BCUT2D eigenvalue weighted by Crippen LogP contribution is 2.32. The molecule has 0 spiro atoms. The van der Waals surface area contributed by atoms with Gasteiger partial charge >= 0.3 is 0 Å². The Morgan fingerprint density at radius 3 is 2.79 bits per heavy atom. The van der Waals surface area contributed by atoms with E-state index in [4.69, 9.17) is 5.73 Å². The van der Waals surface area contributed by atoms with Gasteiger partial charge in [0.25, 0.3) is 0 Å². The molecular weight excluding hydrogens is 392 g/mol. The van der Waals surface area contributed by atoms with Gasteiger partial charge in [0, 0.05) is 31.8 Å². The van der Waals surface area contributed by atoms with Crippen LogP contribution in [0.1, 0.15) is 32.5 Å². The Hall–Kier alpha value is -2.88. The number of anilines is 2. The summed E-state index contributed by atoms with van der Waals surface area (Å²) in [6, 6.07) is 7.02. The first-order valence-electron chi connectivity index (χ1n) is 9.44. The van der Waals surface area contributed by atoms with E-state index in [0.29, 0.717) is 35.3 Å². The first-order chi connectivity index (χ1) is 13.9. The molecule has 1 aromatic heterocycles. The second kappa shape index (κ2) is 9.08. The van der Waals surface area contributed by atoms with E-state index < -0.39 is 5.91 Å². The predicted molar refractivity (Wildman–Crippen MR) is 111 cm³/mol. The number of carbonyl (C=O) groups is 3. The molecule has 0 radical (unpaired) electrons. The summed E-state index contributed by atoms with van der Waals surface area (Å²) in [6.07, 6.45) is 0.841. The SMILES string of the molecule is CCn1c(CCC(N)=O)nnc1SCC(=O)N1c2ccccc2NC(=O)CC1C. The van der Waals surface area contributed by atoms with Crippen LogP contribution in [0.3, 0.4) is 0 Å². The van der Waals surface area contributed by atoms with Crippen molar-refractivity contribution in [2.75, 3.05) is 16.0 Å². The highest BCUT2D eigenvalue weighted by molar-refractivity contribution is 7.99. The maximum absolute atomic E-state index is 13.1. The number of nitrogens with one attached hydrogen (secondary N) is 1. The number of para-hydroxylation sites is 2. The van der Waals surface area contributed by atoms with Crippen LogP contribution < -0.4 is 16.0 Å². The molecule has 3 amide bonds. The van der Waals surface area contributed by atoms with Gasteiger partial charge in [-0.2, -0.15) is 0 Å². The van der Waals surface area contributed by atoms with Crippen LogP contribution in [0.5, 0.6) is 0 Å². The summed E-state index contributed by atoms with van der Waals surface area (Å²) in [4.78, 5) is 37.9. The Kier molecular flexibility index (Phi) is 6.53. The number of carbonyl (C=O) groups excluding carboxylic acids is 3. The fourth-order valence-electron chi connectivity index (χ4n) is 3.33. The number of nitrogens with two attached hydrogens (primary N) is 1. The van der Waals surface area contributed by atoms with Gasteiger partial charge in [-0.05, 0) is 26.0 Å². The molecule has 1 atom stereocenters. The van der Waals surface area contributed by atoms with Crippen LogP contribution in [0, 0.1) is 0 Å². The number of fused-ring (bicyclic) bond motifs is 1. The number of hydrogen-bond acceptors (Lipinski definition) is 6. The van der Waals surface area contributed by atoms with Gasteiger partial charge in [-0.1, -0.05) is 23.9 Å². The quantitative estimate of drug-likeness (QED) is 0.661. The molecule has 3 rings (SSSR count). The largest absolute Gasteiger partial charge is 0.370 e. The molecule has 1 unspecified atom stereocenters. The molecular formula is C19H24N6O3S. The molecule has 1 aliphatic heterocycles. The average molecular weight is 417 g/mol. The van der Waals surface area contributed by atoms with Crippen molar-refractivity contribution in [2.24, 2.45) is 5.73 Å². The smallest absolute Gasteiger partial charge is 0.237 e. The van der Waals surface area contributed by atoms with Gasteiger partial charge in [0.15, 0.2) is 5.16 Å². The summed E-state index contributed by atoms with van der Waals surface area (Å²) >= 11 is 1.29. The zero-order valence-electron chi connectivity index (χ0n) is 16.4. The molecule has 2 heterocycles. The lowest BCUT2D eigenvalue weighted by atomic mass is 10.2. The van der Waals surface area contributed by atoms with E-state index in [1.807, 2.05) is 36.6 Å². The second-order valence-electron chi connectivity index (χ2n) is 6.78. The summed E-state index contributed by atoms with van der Waals surface area (Å²) < 4.78 is 1.88. The first-order valence-corrected chi connectivity index (χ1v) is 10.4. The van der Waals surface area contributed by atoms with Crippen molar-refractivity contribution in [3.63, 3.8) is 0 Å². The summed E-state index contributed by atoms with van der Waals surface area (Å²) in [5.41, 5.74) is 6.53. The molecule has 10 heteroatoms. The topological polar surface area (TPSA) is 123 Å². The standard InChI is InChI=1S/C19H24N6O3S/c1-3-24-16(9-8-15(20)26)22-23-19(24)29-11-18(28)25-12(2)10-17(27)21-13-6-4-5-7-14(13)25/h4-7,12H,3,8-11H2,1-2H3,(H2,20,26)(H,21,27). The number of amides is 3.